The second kappa shape index (κ2) is 7.94. The van der Waals surface area contributed by atoms with Crippen LogP contribution < -0.4 is 5.32 Å². The summed E-state index contributed by atoms with van der Waals surface area (Å²) in [4.78, 5) is 0. The topological polar surface area (TPSA) is 64.0 Å². The van der Waals surface area contributed by atoms with E-state index in [1.165, 1.54) is 5.56 Å². The van der Waals surface area contributed by atoms with E-state index in [1.807, 2.05) is 18.7 Å². The van der Waals surface area contributed by atoms with Gasteiger partial charge in [-0.1, -0.05) is 20.8 Å². The first kappa shape index (κ1) is 18.2. The van der Waals surface area contributed by atoms with Crippen LogP contribution in [0.15, 0.2) is 0 Å². The van der Waals surface area contributed by atoms with Crippen LogP contribution in [0.2, 0.25) is 0 Å². The summed E-state index contributed by atoms with van der Waals surface area (Å²) >= 11 is 0. The van der Waals surface area contributed by atoms with Gasteiger partial charge >= 0.3 is 0 Å². The normalized spacial score (nSPS) is 13.6. The number of rotatable bonds is 9. The SMILES string of the molecule is CCCS(=O)(=O)CCn1nc(CC)c(C(C)NC)c1CC. The summed E-state index contributed by atoms with van der Waals surface area (Å²) in [5.74, 6) is 0.433. The van der Waals surface area contributed by atoms with Crippen molar-refractivity contribution in [1.29, 1.82) is 0 Å². The maximum Gasteiger partial charge on any atom is 0.152 e. The number of aromatic nitrogens is 2. The molecule has 0 aromatic carbocycles. The van der Waals surface area contributed by atoms with Crippen LogP contribution in [0.25, 0.3) is 0 Å². The van der Waals surface area contributed by atoms with Gasteiger partial charge in [-0.3, -0.25) is 4.68 Å². The molecule has 1 heterocycles. The Labute approximate surface area is 129 Å². The fourth-order valence-electron chi connectivity index (χ4n) is 2.67. The van der Waals surface area contributed by atoms with Crippen molar-refractivity contribution in [2.24, 2.45) is 0 Å². The molecule has 0 bridgehead atoms. The molecule has 1 rings (SSSR count). The molecule has 0 saturated heterocycles. The summed E-state index contributed by atoms with van der Waals surface area (Å²) in [5, 5.41) is 7.91. The smallest absolute Gasteiger partial charge is 0.152 e. The monoisotopic (exact) mass is 315 g/mol. The van der Waals surface area contributed by atoms with Crippen LogP contribution in [-0.2, 0) is 29.2 Å². The highest BCUT2D eigenvalue weighted by Crippen LogP contribution is 2.23. The summed E-state index contributed by atoms with van der Waals surface area (Å²) in [7, 11) is -1.03. The van der Waals surface area contributed by atoms with Crippen LogP contribution in [0.3, 0.4) is 0 Å². The number of aryl methyl sites for hydroxylation is 2. The van der Waals surface area contributed by atoms with Crippen LogP contribution in [0.4, 0.5) is 0 Å². The molecule has 0 aliphatic rings. The van der Waals surface area contributed by atoms with Gasteiger partial charge in [0.2, 0.25) is 0 Å². The number of hydrogen-bond acceptors (Lipinski definition) is 4. The number of nitrogens with zero attached hydrogens (tertiary/aromatic N) is 2. The Hall–Kier alpha value is -0.880. The van der Waals surface area contributed by atoms with Crippen molar-refractivity contribution >= 4 is 9.84 Å². The van der Waals surface area contributed by atoms with Gasteiger partial charge in [-0.2, -0.15) is 5.10 Å². The fraction of sp³-hybridized carbons (Fsp3) is 0.800. The summed E-state index contributed by atoms with van der Waals surface area (Å²) in [6.45, 7) is 8.65. The molecule has 0 aliphatic carbocycles. The van der Waals surface area contributed by atoms with Crippen molar-refractivity contribution in [1.82, 2.24) is 15.1 Å². The Morgan fingerprint density at radius 1 is 1.19 bits per heavy atom. The van der Waals surface area contributed by atoms with E-state index in [-0.39, 0.29) is 17.5 Å². The standard InChI is InChI=1S/C15H29N3O2S/c1-6-10-21(19,20)11-9-18-14(8-3)15(12(4)16-5)13(7-2)17-18/h12,16H,6-11H2,1-5H3. The molecular formula is C15H29N3O2S. The molecule has 6 heteroatoms. The van der Waals surface area contributed by atoms with Crippen LogP contribution >= 0.6 is 0 Å². The molecule has 5 nitrogen and oxygen atoms in total. The molecule has 0 spiro atoms. The van der Waals surface area contributed by atoms with E-state index in [2.05, 4.69) is 31.2 Å². The van der Waals surface area contributed by atoms with E-state index < -0.39 is 9.84 Å². The molecule has 1 atom stereocenters. The molecule has 0 fully saturated rings. The zero-order chi connectivity index (χ0) is 16.0. The molecular weight excluding hydrogens is 286 g/mol. The van der Waals surface area contributed by atoms with Crippen molar-refractivity contribution in [3.63, 3.8) is 0 Å². The highest BCUT2D eigenvalue weighted by Gasteiger charge is 2.20. The van der Waals surface area contributed by atoms with E-state index >= 15 is 0 Å². The van der Waals surface area contributed by atoms with Gasteiger partial charge in [-0.25, -0.2) is 8.42 Å². The Morgan fingerprint density at radius 3 is 2.33 bits per heavy atom. The van der Waals surface area contributed by atoms with Gasteiger partial charge in [0, 0.05) is 23.1 Å². The van der Waals surface area contributed by atoms with Crippen LogP contribution in [0.5, 0.6) is 0 Å². The predicted octanol–water partition coefficient (Wildman–Crippen LogP) is 2.11. The second-order valence-corrected chi connectivity index (χ2v) is 7.70. The average Bonchev–Trinajstić information content (AvgIpc) is 2.82. The maximum atomic E-state index is 11.9. The molecule has 1 aromatic rings. The van der Waals surface area contributed by atoms with Crippen LogP contribution in [0.1, 0.15) is 57.1 Å². The molecule has 122 valence electrons. The van der Waals surface area contributed by atoms with Crippen LogP contribution in [0, 0.1) is 0 Å². The molecule has 0 saturated carbocycles. The third kappa shape index (κ3) is 4.54. The first-order chi connectivity index (χ1) is 9.90. The molecule has 1 unspecified atom stereocenters. The summed E-state index contributed by atoms with van der Waals surface area (Å²) in [6, 6.07) is 0.232. The van der Waals surface area contributed by atoms with Crippen molar-refractivity contribution in [2.75, 3.05) is 18.6 Å². The molecule has 1 aromatic heterocycles. The quantitative estimate of drug-likeness (QED) is 0.758. The molecule has 1 N–H and O–H groups in total. The van der Waals surface area contributed by atoms with Gasteiger partial charge in [0.15, 0.2) is 9.84 Å². The van der Waals surface area contributed by atoms with Gasteiger partial charge in [-0.05, 0) is 33.2 Å². The predicted molar refractivity (Wildman–Crippen MR) is 87.4 cm³/mol. The lowest BCUT2D eigenvalue weighted by atomic mass is 10.0. The highest BCUT2D eigenvalue weighted by atomic mass is 32.2. The van der Waals surface area contributed by atoms with E-state index in [0.717, 1.165) is 24.2 Å². The third-order valence-corrected chi connectivity index (χ3v) is 5.67. The van der Waals surface area contributed by atoms with Gasteiger partial charge in [-0.15, -0.1) is 0 Å². The lowest BCUT2D eigenvalue weighted by Gasteiger charge is -2.13. The number of hydrogen-bond donors (Lipinski definition) is 1. The Balaban J connectivity index is 3.05. The minimum absolute atomic E-state index is 0.173. The minimum atomic E-state index is -2.97. The largest absolute Gasteiger partial charge is 0.313 e. The molecule has 21 heavy (non-hydrogen) atoms. The average molecular weight is 315 g/mol. The zero-order valence-corrected chi connectivity index (χ0v) is 14.8. The van der Waals surface area contributed by atoms with Gasteiger partial charge in [0.05, 0.1) is 18.0 Å². The first-order valence-corrected chi connectivity index (χ1v) is 9.68. The lowest BCUT2D eigenvalue weighted by molar-refractivity contribution is 0.569. The van der Waals surface area contributed by atoms with Crippen molar-refractivity contribution in [2.45, 2.75) is 59.5 Å². The minimum Gasteiger partial charge on any atom is -0.313 e. The summed E-state index contributed by atoms with van der Waals surface area (Å²) in [5.41, 5.74) is 3.46. The van der Waals surface area contributed by atoms with Crippen LogP contribution in [-0.4, -0.2) is 36.8 Å². The molecule has 0 aliphatic heterocycles. The van der Waals surface area contributed by atoms with E-state index in [9.17, 15) is 8.42 Å². The van der Waals surface area contributed by atoms with Crippen molar-refractivity contribution in [3.05, 3.63) is 17.0 Å². The van der Waals surface area contributed by atoms with Gasteiger partial charge in [0.1, 0.15) is 0 Å². The lowest BCUT2D eigenvalue weighted by Crippen LogP contribution is -2.19. The summed E-state index contributed by atoms with van der Waals surface area (Å²) < 4.78 is 25.7. The fourth-order valence-corrected chi connectivity index (χ4v) is 3.94. The van der Waals surface area contributed by atoms with E-state index in [4.69, 9.17) is 0 Å². The van der Waals surface area contributed by atoms with Gasteiger partial charge < -0.3 is 5.32 Å². The van der Waals surface area contributed by atoms with E-state index in [0.29, 0.717) is 13.0 Å². The van der Waals surface area contributed by atoms with Gasteiger partial charge in [0.25, 0.3) is 0 Å². The maximum absolute atomic E-state index is 11.9. The molecule has 0 radical (unpaired) electrons. The Kier molecular flexibility index (Phi) is 6.87. The van der Waals surface area contributed by atoms with E-state index in [1.54, 1.807) is 0 Å². The Bertz CT molecular complexity index is 550. The third-order valence-electron chi connectivity index (χ3n) is 3.84. The number of nitrogens with one attached hydrogen (secondary N) is 1. The second-order valence-electron chi connectivity index (χ2n) is 5.40. The first-order valence-electron chi connectivity index (χ1n) is 7.86. The number of sulfone groups is 1. The van der Waals surface area contributed by atoms with Crippen molar-refractivity contribution in [3.8, 4) is 0 Å². The zero-order valence-electron chi connectivity index (χ0n) is 13.9. The van der Waals surface area contributed by atoms with Crippen molar-refractivity contribution < 1.29 is 8.42 Å². The Morgan fingerprint density at radius 2 is 1.86 bits per heavy atom. The summed E-state index contributed by atoms with van der Waals surface area (Å²) in [6.07, 6.45) is 2.40. The highest BCUT2D eigenvalue weighted by molar-refractivity contribution is 7.91. The molecule has 0 amide bonds.